The predicted molar refractivity (Wildman–Crippen MR) is 126 cm³/mol. The largest absolute Gasteiger partial charge is 0.227 e. The van der Waals surface area contributed by atoms with Crippen LogP contribution in [0.3, 0.4) is 0 Å². The van der Waals surface area contributed by atoms with E-state index in [1.807, 2.05) is 48.5 Å². The molecule has 160 valence electrons. The molecule has 0 aliphatic heterocycles. The summed E-state index contributed by atoms with van der Waals surface area (Å²) in [7, 11) is -3.63. The van der Waals surface area contributed by atoms with Crippen molar-refractivity contribution in [2.45, 2.75) is 62.9 Å². The minimum Gasteiger partial charge on any atom is -0.227 e. The van der Waals surface area contributed by atoms with Crippen LogP contribution in [0.1, 0.15) is 74.3 Å². The molecule has 2 aromatic rings. The van der Waals surface area contributed by atoms with E-state index in [4.69, 9.17) is 23.2 Å². The fraction of sp³-hybridized carbons (Fsp3) is 0.500. The zero-order valence-electron chi connectivity index (χ0n) is 18.2. The Kier molecular flexibility index (Phi) is 7.52. The Morgan fingerprint density at radius 3 is 1.14 bits per heavy atom. The molecule has 2 unspecified atom stereocenters. The second-order valence-corrected chi connectivity index (χ2v) is 12.6. The Labute approximate surface area is 186 Å². The van der Waals surface area contributed by atoms with E-state index in [1.165, 1.54) is 0 Å². The van der Waals surface area contributed by atoms with Gasteiger partial charge >= 0.3 is 0 Å². The SMILES string of the molecule is CC(C)(C)c1ccc(C(CCl)S(=O)(=O)C(CCl)c2ccc(C(C)(C)C)cc2)cc1. The van der Waals surface area contributed by atoms with Crippen LogP contribution in [0.25, 0.3) is 0 Å². The maximum absolute atomic E-state index is 13.5. The zero-order chi connectivity index (χ0) is 22.0. The van der Waals surface area contributed by atoms with Gasteiger partial charge in [-0.15, -0.1) is 23.2 Å². The molecule has 0 N–H and O–H groups in total. The van der Waals surface area contributed by atoms with Crippen molar-refractivity contribution >= 4 is 33.0 Å². The maximum atomic E-state index is 13.5. The summed E-state index contributed by atoms with van der Waals surface area (Å²) in [6.07, 6.45) is 0. The molecular weight excluding hydrogens is 423 g/mol. The van der Waals surface area contributed by atoms with Crippen molar-refractivity contribution in [3.8, 4) is 0 Å². The molecule has 2 atom stereocenters. The number of halogens is 2. The highest BCUT2D eigenvalue weighted by atomic mass is 35.5. The van der Waals surface area contributed by atoms with Crippen LogP contribution in [-0.2, 0) is 20.7 Å². The van der Waals surface area contributed by atoms with E-state index in [9.17, 15) is 8.42 Å². The van der Waals surface area contributed by atoms with Crippen molar-refractivity contribution in [2.75, 3.05) is 11.8 Å². The summed E-state index contributed by atoms with van der Waals surface area (Å²) in [5.41, 5.74) is 3.71. The van der Waals surface area contributed by atoms with Crippen LogP contribution in [0.15, 0.2) is 48.5 Å². The molecule has 0 heterocycles. The van der Waals surface area contributed by atoms with Gasteiger partial charge in [0.25, 0.3) is 0 Å². The highest BCUT2D eigenvalue weighted by Crippen LogP contribution is 2.37. The van der Waals surface area contributed by atoms with Gasteiger partial charge in [0, 0.05) is 11.8 Å². The molecule has 0 bridgehead atoms. The Morgan fingerprint density at radius 1 is 0.655 bits per heavy atom. The summed E-state index contributed by atoms with van der Waals surface area (Å²) in [5.74, 6) is -0.0185. The molecule has 0 aliphatic rings. The fourth-order valence-corrected chi connectivity index (χ4v) is 6.56. The van der Waals surface area contributed by atoms with Gasteiger partial charge in [0.05, 0.1) is 0 Å². The third kappa shape index (κ3) is 5.57. The Morgan fingerprint density at radius 2 is 0.931 bits per heavy atom. The number of alkyl halides is 2. The lowest BCUT2D eigenvalue weighted by Crippen LogP contribution is -2.24. The van der Waals surface area contributed by atoms with Crippen molar-refractivity contribution in [3.05, 3.63) is 70.8 Å². The highest BCUT2D eigenvalue weighted by molar-refractivity contribution is 7.92. The van der Waals surface area contributed by atoms with Gasteiger partial charge in [-0.25, -0.2) is 8.42 Å². The number of hydrogen-bond acceptors (Lipinski definition) is 2. The van der Waals surface area contributed by atoms with Gasteiger partial charge in [0.15, 0.2) is 9.84 Å². The first kappa shape index (κ1) is 24.2. The van der Waals surface area contributed by atoms with E-state index in [2.05, 4.69) is 41.5 Å². The van der Waals surface area contributed by atoms with Crippen molar-refractivity contribution in [1.29, 1.82) is 0 Å². The first-order valence-electron chi connectivity index (χ1n) is 9.88. The van der Waals surface area contributed by atoms with Crippen molar-refractivity contribution < 1.29 is 8.42 Å². The van der Waals surface area contributed by atoms with Gasteiger partial charge in [-0.3, -0.25) is 0 Å². The molecule has 5 heteroatoms. The first-order valence-corrected chi connectivity index (χ1v) is 12.6. The smallest absolute Gasteiger partial charge is 0.166 e. The Bertz CT molecular complexity index is 832. The molecular formula is C24H32Cl2O2S. The summed E-state index contributed by atoms with van der Waals surface area (Å²) in [5, 5.41) is -1.60. The molecule has 0 radical (unpaired) electrons. The molecule has 0 amide bonds. The van der Waals surface area contributed by atoms with Gasteiger partial charge in [0.1, 0.15) is 10.5 Å². The molecule has 2 rings (SSSR count). The summed E-state index contributed by atoms with van der Waals surface area (Å²) >= 11 is 12.3. The summed E-state index contributed by atoms with van der Waals surface area (Å²) in [6, 6.07) is 15.4. The Balaban J connectivity index is 2.40. The molecule has 29 heavy (non-hydrogen) atoms. The average molecular weight is 455 g/mol. The number of sulfone groups is 1. The lowest BCUT2D eigenvalue weighted by molar-refractivity contribution is 0.576. The van der Waals surface area contributed by atoms with E-state index in [0.29, 0.717) is 11.1 Å². The quantitative estimate of drug-likeness (QED) is 0.442. The Hall–Kier alpha value is -1.03. The normalized spacial score (nSPS) is 15.2. The predicted octanol–water partition coefficient (Wildman–Crippen LogP) is 6.96. The standard InChI is InChI=1S/C24H32Cl2O2S/c1-23(2,3)19-11-7-17(8-12-19)21(15-25)29(27,28)22(16-26)18-9-13-20(14-10-18)24(4,5)6/h7-14,21-22H,15-16H2,1-6H3. The van der Waals surface area contributed by atoms with Gasteiger partial charge < -0.3 is 0 Å². The molecule has 2 nitrogen and oxygen atoms in total. The molecule has 0 aromatic heterocycles. The second-order valence-electron chi connectivity index (χ2n) is 9.62. The van der Waals surface area contributed by atoms with Gasteiger partial charge in [-0.1, -0.05) is 90.1 Å². The molecule has 0 aliphatic carbocycles. The topological polar surface area (TPSA) is 34.1 Å². The van der Waals surface area contributed by atoms with Gasteiger partial charge in [0.2, 0.25) is 0 Å². The van der Waals surface area contributed by atoms with Crippen LogP contribution in [0.5, 0.6) is 0 Å². The highest BCUT2D eigenvalue weighted by Gasteiger charge is 2.35. The van der Waals surface area contributed by atoms with Crippen LogP contribution in [0.2, 0.25) is 0 Å². The average Bonchev–Trinajstić information content (AvgIpc) is 2.62. The number of benzene rings is 2. The van der Waals surface area contributed by atoms with E-state index in [0.717, 1.165) is 11.1 Å². The third-order valence-electron chi connectivity index (χ3n) is 5.37. The molecule has 0 saturated heterocycles. The van der Waals surface area contributed by atoms with E-state index in [1.54, 1.807) is 0 Å². The second kappa shape index (κ2) is 8.99. The minimum atomic E-state index is -3.63. The van der Waals surface area contributed by atoms with Crippen LogP contribution in [0, 0.1) is 0 Å². The molecule has 0 spiro atoms. The van der Waals surface area contributed by atoms with Crippen molar-refractivity contribution in [1.82, 2.24) is 0 Å². The van der Waals surface area contributed by atoms with E-state index < -0.39 is 20.3 Å². The number of rotatable bonds is 6. The molecule has 0 saturated carbocycles. The minimum absolute atomic E-state index is 0.00133. The molecule has 0 fully saturated rings. The lowest BCUT2D eigenvalue weighted by Gasteiger charge is -2.25. The lowest BCUT2D eigenvalue weighted by atomic mass is 9.86. The monoisotopic (exact) mass is 454 g/mol. The fourth-order valence-electron chi connectivity index (χ4n) is 3.33. The van der Waals surface area contributed by atoms with Gasteiger partial charge in [-0.2, -0.15) is 0 Å². The van der Waals surface area contributed by atoms with Crippen molar-refractivity contribution in [3.63, 3.8) is 0 Å². The van der Waals surface area contributed by atoms with E-state index >= 15 is 0 Å². The van der Waals surface area contributed by atoms with Crippen LogP contribution in [0.4, 0.5) is 0 Å². The summed E-state index contributed by atoms with van der Waals surface area (Å²) in [6.45, 7) is 12.8. The number of hydrogen-bond donors (Lipinski definition) is 0. The van der Waals surface area contributed by atoms with Crippen molar-refractivity contribution in [2.24, 2.45) is 0 Å². The summed E-state index contributed by atoms with van der Waals surface area (Å²) < 4.78 is 27.0. The van der Waals surface area contributed by atoms with Crippen LogP contribution >= 0.6 is 23.2 Å². The van der Waals surface area contributed by atoms with Crippen LogP contribution < -0.4 is 0 Å². The first-order chi connectivity index (χ1) is 13.3. The zero-order valence-corrected chi connectivity index (χ0v) is 20.5. The molecule has 2 aromatic carbocycles. The third-order valence-corrected chi connectivity index (χ3v) is 8.82. The maximum Gasteiger partial charge on any atom is 0.166 e. The van der Waals surface area contributed by atoms with Crippen LogP contribution in [-0.4, -0.2) is 20.2 Å². The van der Waals surface area contributed by atoms with E-state index in [-0.39, 0.29) is 22.6 Å². The van der Waals surface area contributed by atoms with Gasteiger partial charge in [-0.05, 0) is 33.1 Å². The summed E-state index contributed by atoms with van der Waals surface area (Å²) in [4.78, 5) is 0.